The van der Waals surface area contributed by atoms with Crippen LogP contribution >= 0.6 is 0 Å². The monoisotopic (exact) mass is 428 g/mol. The minimum atomic E-state index is -0.292. The second-order valence-corrected chi connectivity index (χ2v) is 7.58. The Hall–Kier alpha value is -3.92. The molecule has 0 saturated heterocycles. The predicted octanol–water partition coefficient (Wildman–Crippen LogP) is 4.14. The molecule has 3 rings (SSSR count). The van der Waals surface area contributed by atoms with Gasteiger partial charge in [-0.25, -0.2) is 0 Å². The Balaban J connectivity index is 1.78. The average molecular weight is 429 g/mol. The molecule has 1 aromatic heterocycles. The lowest BCUT2D eigenvalue weighted by molar-refractivity contribution is 0.0977. The Kier molecular flexibility index (Phi) is 7.40. The van der Waals surface area contributed by atoms with Crippen LogP contribution in [0, 0.1) is 32.1 Å². The second kappa shape index (κ2) is 10.4. The summed E-state index contributed by atoms with van der Waals surface area (Å²) in [5.74, 6) is 0.0858. The van der Waals surface area contributed by atoms with Crippen LogP contribution in [-0.4, -0.2) is 28.2 Å². The molecule has 32 heavy (non-hydrogen) atoms. The third-order valence-corrected chi connectivity index (χ3v) is 5.25. The fraction of sp³-hybridized carbons (Fsp3) is 0.280. The van der Waals surface area contributed by atoms with Crippen molar-refractivity contribution in [2.45, 2.75) is 40.7 Å². The predicted molar refractivity (Wildman–Crippen MR) is 127 cm³/mol. The fourth-order valence-corrected chi connectivity index (χ4v) is 3.53. The summed E-state index contributed by atoms with van der Waals surface area (Å²) in [7, 11) is 0. The first kappa shape index (κ1) is 22.8. The van der Waals surface area contributed by atoms with Gasteiger partial charge < -0.3 is 5.32 Å². The van der Waals surface area contributed by atoms with Gasteiger partial charge in [0.05, 0.1) is 17.3 Å². The number of aryl methyl sites for hydroxylation is 3. The maximum absolute atomic E-state index is 12.8. The standard InChI is InChI=1S/C25H28N6O/c1-5-31-19(4)23(18(3)30-31)13-14-27-25(28-22-8-6-7-17(2)15-22)29-24(32)21-11-9-20(16-26)10-12-21/h6-12,15H,5,13-14H2,1-4H3,(H2,27,28,29,32). The van der Waals surface area contributed by atoms with Gasteiger partial charge in [-0.15, -0.1) is 0 Å². The minimum absolute atomic E-state index is 0.292. The van der Waals surface area contributed by atoms with Gasteiger partial charge in [0.15, 0.2) is 0 Å². The van der Waals surface area contributed by atoms with E-state index in [1.807, 2.05) is 42.8 Å². The lowest BCUT2D eigenvalue weighted by atomic mass is 10.1. The number of hydrogen-bond acceptors (Lipinski definition) is 4. The molecule has 0 aliphatic heterocycles. The Bertz CT molecular complexity index is 1170. The molecule has 0 unspecified atom stereocenters. The van der Waals surface area contributed by atoms with Crippen LogP contribution in [0.25, 0.3) is 0 Å². The van der Waals surface area contributed by atoms with Crippen molar-refractivity contribution in [3.05, 3.63) is 82.2 Å². The van der Waals surface area contributed by atoms with Crippen molar-refractivity contribution in [3.63, 3.8) is 0 Å². The van der Waals surface area contributed by atoms with Crippen LogP contribution in [0.2, 0.25) is 0 Å². The molecule has 0 atom stereocenters. The van der Waals surface area contributed by atoms with Crippen molar-refractivity contribution >= 4 is 17.6 Å². The van der Waals surface area contributed by atoms with Gasteiger partial charge in [0, 0.05) is 30.0 Å². The van der Waals surface area contributed by atoms with Crippen molar-refractivity contribution in [1.82, 2.24) is 15.1 Å². The first-order valence-corrected chi connectivity index (χ1v) is 10.6. The van der Waals surface area contributed by atoms with E-state index in [-0.39, 0.29) is 5.91 Å². The number of aliphatic imine (C=N–C) groups is 1. The highest BCUT2D eigenvalue weighted by Crippen LogP contribution is 2.14. The van der Waals surface area contributed by atoms with Crippen molar-refractivity contribution in [2.24, 2.45) is 4.99 Å². The largest absolute Gasteiger partial charge is 0.326 e. The van der Waals surface area contributed by atoms with Crippen LogP contribution in [0.1, 0.15) is 45.4 Å². The molecule has 0 spiro atoms. The zero-order valence-corrected chi connectivity index (χ0v) is 18.9. The number of benzene rings is 2. The number of guanidine groups is 1. The molecular weight excluding hydrogens is 400 g/mol. The van der Waals surface area contributed by atoms with Crippen LogP contribution in [0.4, 0.5) is 5.69 Å². The quantitative estimate of drug-likeness (QED) is 0.456. The Morgan fingerprint density at radius 2 is 1.91 bits per heavy atom. The van der Waals surface area contributed by atoms with E-state index in [1.165, 1.54) is 5.56 Å². The molecule has 164 valence electrons. The zero-order valence-electron chi connectivity index (χ0n) is 18.9. The maximum atomic E-state index is 12.8. The number of nitrogens with zero attached hydrogens (tertiary/aromatic N) is 4. The summed E-state index contributed by atoms with van der Waals surface area (Å²) in [5, 5.41) is 19.6. The van der Waals surface area contributed by atoms with Crippen LogP contribution in [-0.2, 0) is 13.0 Å². The number of aromatic nitrogens is 2. The van der Waals surface area contributed by atoms with E-state index in [2.05, 4.69) is 40.6 Å². The lowest BCUT2D eigenvalue weighted by Crippen LogP contribution is -2.36. The second-order valence-electron chi connectivity index (χ2n) is 7.58. The molecule has 0 radical (unpaired) electrons. The number of carbonyl (C=O) groups is 1. The summed E-state index contributed by atoms with van der Waals surface area (Å²) in [6.45, 7) is 9.49. The van der Waals surface area contributed by atoms with Crippen LogP contribution in [0.3, 0.4) is 0 Å². The Morgan fingerprint density at radius 1 is 1.16 bits per heavy atom. The van der Waals surface area contributed by atoms with E-state index < -0.39 is 0 Å². The van der Waals surface area contributed by atoms with Gasteiger partial charge in [-0.05, 0) is 81.6 Å². The lowest BCUT2D eigenvalue weighted by Gasteiger charge is -2.12. The van der Waals surface area contributed by atoms with E-state index in [0.29, 0.717) is 23.6 Å². The average Bonchev–Trinajstić information content (AvgIpc) is 3.06. The van der Waals surface area contributed by atoms with Crippen LogP contribution in [0.15, 0.2) is 53.5 Å². The number of nitriles is 1. The smallest absolute Gasteiger partial charge is 0.257 e. The van der Waals surface area contributed by atoms with E-state index in [9.17, 15) is 4.79 Å². The van der Waals surface area contributed by atoms with E-state index in [0.717, 1.165) is 35.6 Å². The molecule has 2 N–H and O–H groups in total. The normalized spacial score (nSPS) is 11.2. The van der Waals surface area contributed by atoms with Crippen molar-refractivity contribution < 1.29 is 4.79 Å². The number of carbonyl (C=O) groups excluding carboxylic acids is 1. The van der Waals surface area contributed by atoms with Crippen molar-refractivity contribution in [1.29, 1.82) is 5.26 Å². The summed E-state index contributed by atoms with van der Waals surface area (Å²) in [5.41, 5.74) is 6.25. The summed E-state index contributed by atoms with van der Waals surface area (Å²) < 4.78 is 1.99. The number of nitrogens with one attached hydrogen (secondary N) is 2. The van der Waals surface area contributed by atoms with Crippen molar-refractivity contribution in [3.8, 4) is 6.07 Å². The SMILES string of the molecule is CCn1nc(C)c(CCN=C(NC(=O)c2ccc(C#N)cc2)Nc2cccc(C)c2)c1C. The van der Waals surface area contributed by atoms with Gasteiger partial charge in [-0.3, -0.25) is 19.8 Å². The van der Waals surface area contributed by atoms with E-state index in [1.54, 1.807) is 24.3 Å². The molecule has 0 fully saturated rings. The summed E-state index contributed by atoms with van der Waals surface area (Å²) in [6.07, 6.45) is 0.726. The van der Waals surface area contributed by atoms with E-state index >= 15 is 0 Å². The van der Waals surface area contributed by atoms with Gasteiger partial charge in [0.25, 0.3) is 5.91 Å². The van der Waals surface area contributed by atoms with Crippen LogP contribution in [0.5, 0.6) is 0 Å². The minimum Gasteiger partial charge on any atom is -0.326 e. The molecule has 0 saturated carbocycles. The molecule has 0 bridgehead atoms. The van der Waals surface area contributed by atoms with Crippen LogP contribution < -0.4 is 10.6 Å². The van der Waals surface area contributed by atoms with Gasteiger partial charge in [-0.2, -0.15) is 10.4 Å². The topological polar surface area (TPSA) is 95.1 Å². The third-order valence-electron chi connectivity index (χ3n) is 5.25. The highest BCUT2D eigenvalue weighted by molar-refractivity contribution is 6.10. The molecule has 7 nitrogen and oxygen atoms in total. The summed E-state index contributed by atoms with van der Waals surface area (Å²) in [4.78, 5) is 17.4. The number of anilines is 1. The molecule has 7 heteroatoms. The van der Waals surface area contributed by atoms with Gasteiger partial charge in [-0.1, -0.05) is 12.1 Å². The van der Waals surface area contributed by atoms with Gasteiger partial charge in [0.1, 0.15) is 0 Å². The first-order chi connectivity index (χ1) is 15.4. The summed E-state index contributed by atoms with van der Waals surface area (Å²) >= 11 is 0. The molecule has 1 heterocycles. The fourth-order valence-electron chi connectivity index (χ4n) is 3.53. The molecule has 0 aliphatic carbocycles. The first-order valence-electron chi connectivity index (χ1n) is 10.6. The van der Waals surface area contributed by atoms with Gasteiger partial charge in [0.2, 0.25) is 5.96 Å². The summed E-state index contributed by atoms with van der Waals surface area (Å²) in [6, 6.07) is 16.4. The molecule has 2 aromatic carbocycles. The molecular formula is C25H28N6O. The maximum Gasteiger partial charge on any atom is 0.257 e. The third kappa shape index (κ3) is 5.61. The van der Waals surface area contributed by atoms with Gasteiger partial charge >= 0.3 is 0 Å². The zero-order chi connectivity index (χ0) is 23.1. The highest BCUT2D eigenvalue weighted by atomic mass is 16.1. The Labute approximate surface area is 188 Å². The van der Waals surface area contributed by atoms with Crippen molar-refractivity contribution in [2.75, 3.05) is 11.9 Å². The number of rotatable bonds is 6. The molecule has 3 aromatic rings. The van der Waals surface area contributed by atoms with E-state index in [4.69, 9.17) is 5.26 Å². The molecule has 0 aliphatic rings. The number of hydrogen-bond donors (Lipinski definition) is 2. The Morgan fingerprint density at radius 3 is 2.53 bits per heavy atom. The number of amides is 1. The molecule has 1 amide bonds. The highest BCUT2D eigenvalue weighted by Gasteiger charge is 2.12.